The van der Waals surface area contributed by atoms with Crippen LogP contribution in [0.5, 0.6) is 5.75 Å². The van der Waals surface area contributed by atoms with Gasteiger partial charge in [0.15, 0.2) is 5.96 Å². The number of phenolic OH excluding ortho intramolecular Hbond substituents is 1. The number of rotatable bonds is 17. The van der Waals surface area contributed by atoms with E-state index in [4.69, 9.17) is 17.2 Å². The maximum Gasteiger partial charge on any atom is 0.326 e. The molecule has 1 aromatic heterocycles. The fraction of sp³-hybridized carbons (Fsp3) is 0.481. The minimum absolute atomic E-state index is 0.0258. The monoisotopic (exact) mass is 587 g/mol. The van der Waals surface area contributed by atoms with Crippen molar-refractivity contribution in [1.29, 1.82) is 0 Å². The van der Waals surface area contributed by atoms with Gasteiger partial charge >= 0.3 is 5.97 Å². The molecule has 12 N–H and O–H groups in total. The van der Waals surface area contributed by atoms with Crippen molar-refractivity contribution in [3.63, 3.8) is 0 Å². The van der Waals surface area contributed by atoms with Crippen molar-refractivity contribution in [3.05, 3.63) is 48.0 Å². The van der Waals surface area contributed by atoms with Gasteiger partial charge in [0, 0.05) is 31.3 Å². The Morgan fingerprint density at radius 1 is 1.00 bits per heavy atom. The molecule has 1 aromatic carbocycles. The highest BCUT2D eigenvalue weighted by Crippen LogP contribution is 2.13. The van der Waals surface area contributed by atoms with Crippen LogP contribution in [0.4, 0.5) is 0 Å². The first-order chi connectivity index (χ1) is 19.9. The van der Waals surface area contributed by atoms with Crippen LogP contribution < -0.4 is 33.2 Å². The molecule has 15 heteroatoms. The van der Waals surface area contributed by atoms with E-state index in [0.717, 1.165) is 0 Å². The molecule has 0 saturated heterocycles. The number of guanidine groups is 1. The molecule has 230 valence electrons. The molecule has 0 saturated carbocycles. The van der Waals surface area contributed by atoms with Gasteiger partial charge in [0.05, 0.1) is 12.4 Å². The van der Waals surface area contributed by atoms with Crippen molar-refractivity contribution in [2.24, 2.45) is 28.1 Å². The lowest BCUT2D eigenvalue weighted by Gasteiger charge is -2.28. The summed E-state index contributed by atoms with van der Waals surface area (Å²) in [6.07, 6.45) is 4.12. The summed E-state index contributed by atoms with van der Waals surface area (Å²) in [6.45, 7) is 3.86. The summed E-state index contributed by atoms with van der Waals surface area (Å²) in [4.78, 5) is 62.3. The summed E-state index contributed by atoms with van der Waals surface area (Å²) in [5.74, 6) is -3.61. The summed E-state index contributed by atoms with van der Waals surface area (Å²) in [5, 5.41) is 27.1. The number of aromatic hydroxyl groups is 1. The van der Waals surface area contributed by atoms with Crippen molar-refractivity contribution < 1.29 is 29.4 Å². The lowest BCUT2D eigenvalue weighted by molar-refractivity contribution is -0.142. The van der Waals surface area contributed by atoms with Crippen LogP contribution in [0.3, 0.4) is 0 Å². The molecule has 15 nitrogen and oxygen atoms in total. The smallest absolute Gasteiger partial charge is 0.326 e. The van der Waals surface area contributed by atoms with E-state index in [1.807, 2.05) is 6.92 Å². The number of aliphatic carboxylic acids is 1. The third kappa shape index (κ3) is 11.1. The highest BCUT2D eigenvalue weighted by Gasteiger charge is 2.33. The first-order valence-corrected chi connectivity index (χ1v) is 13.6. The molecular formula is C27H41N9O6. The Morgan fingerprint density at radius 2 is 1.67 bits per heavy atom. The minimum atomic E-state index is -1.29. The second-order valence-corrected chi connectivity index (χ2v) is 10.0. The lowest BCUT2D eigenvalue weighted by Crippen LogP contribution is -2.59. The van der Waals surface area contributed by atoms with Crippen molar-refractivity contribution >= 4 is 29.7 Å². The van der Waals surface area contributed by atoms with Crippen molar-refractivity contribution in [2.45, 2.75) is 70.1 Å². The average molecular weight is 588 g/mol. The van der Waals surface area contributed by atoms with Crippen molar-refractivity contribution in [1.82, 2.24) is 25.9 Å². The van der Waals surface area contributed by atoms with Crippen LogP contribution in [0.1, 0.15) is 44.4 Å². The predicted octanol–water partition coefficient (Wildman–Crippen LogP) is -1.13. The fourth-order valence-corrected chi connectivity index (χ4v) is 4.04. The number of imidazole rings is 1. The standard InChI is InChI=1S/C27H41N9O6/c1-3-15(2)22(25(40)35-21(26(41)42)11-16-6-8-18(37)9-7-16)36-24(39)20(12-17-13-31-14-33-17)34-23(38)19(28)5-4-10-32-27(29)30/h6-9,13-15,19-22,37H,3-5,10-12,28H2,1-2H3,(H,31,33)(H,34,38)(H,35,40)(H,36,39)(H,41,42)(H4,29,30,32). The number of aliphatic imine (C=N–C) groups is 1. The average Bonchev–Trinajstić information content (AvgIpc) is 3.46. The molecule has 0 aliphatic rings. The largest absolute Gasteiger partial charge is 0.508 e. The number of nitrogens with zero attached hydrogens (tertiary/aromatic N) is 2. The van der Waals surface area contributed by atoms with Gasteiger partial charge in [0.25, 0.3) is 0 Å². The Bertz CT molecular complexity index is 1200. The molecule has 0 aliphatic heterocycles. The number of phenols is 1. The van der Waals surface area contributed by atoms with Gasteiger partial charge in [-0.2, -0.15) is 0 Å². The number of carboxylic acids is 1. The molecule has 0 radical (unpaired) electrons. The number of hydrogen-bond donors (Lipinski definition) is 9. The second-order valence-electron chi connectivity index (χ2n) is 10.0. The van der Waals surface area contributed by atoms with Gasteiger partial charge in [-0.25, -0.2) is 9.78 Å². The molecule has 2 rings (SSSR count). The molecule has 0 spiro atoms. The first kappa shape index (κ1) is 33.5. The maximum absolute atomic E-state index is 13.5. The van der Waals surface area contributed by atoms with Gasteiger partial charge in [-0.3, -0.25) is 19.4 Å². The molecule has 5 atom stereocenters. The molecule has 1 heterocycles. The Labute approximate surface area is 243 Å². The SMILES string of the molecule is CCC(C)C(NC(=O)C(Cc1cnc[nH]1)NC(=O)C(N)CCCN=C(N)N)C(=O)NC(Cc1ccc(O)cc1)C(=O)O. The Hall–Kier alpha value is -4.66. The zero-order chi connectivity index (χ0) is 31.2. The molecule has 3 amide bonds. The van der Waals surface area contributed by atoms with Crippen LogP contribution in [0.2, 0.25) is 0 Å². The van der Waals surface area contributed by atoms with Crippen LogP contribution in [0.15, 0.2) is 41.8 Å². The molecular weight excluding hydrogens is 546 g/mol. The van der Waals surface area contributed by atoms with Crippen molar-refractivity contribution in [2.75, 3.05) is 6.54 Å². The zero-order valence-electron chi connectivity index (χ0n) is 23.7. The van der Waals surface area contributed by atoms with E-state index in [9.17, 15) is 29.4 Å². The number of benzene rings is 1. The third-order valence-corrected chi connectivity index (χ3v) is 6.70. The number of aromatic amines is 1. The second kappa shape index (κ2) is 16.6. The fourth-order valence-electron chi connectivity index (χ4n) is 4.04. The van der Waals surface area contributed by atoms with Crippen molar-refractivity contribution in [3.8, 4) is 5.75 Å². The van der Waals surface area contributed by atoms with E-state index >= 15 is 0 Å². The summed E-state index contributed by atoms with van der Waals surface area (Å²) in [6, 6.07) is 1.50. The number of nitrogens with two attached hydrogens (primary N) is 3. The highest BCUT2D eigenvalue weighted by atomic mass is 16.4. The molecule has 5 unspecified atom stereocenters. The summed E-state index contributed by atoms with van der Waals surface area (Å²) < 4.78 is 0. The number of nitrogens with one attached hydrogen (secondary N) is 4. The Balaban J connectivity index is 2.16. The zero-order valence-corrected chi connectivity index (χ0v) is 23.7. The van der Waals surface area contributed by atoms with Crippen LogP contribution in [0.25, 0.3) is 0 Å². The summed E-state index contributed by atoms with van der Waals surface area (Å²) in [7, 11) is 0. The highest BCUT2D eigenvalue weighted by molar-refractivity contribution is 5.94. The van der Waals surface area contributed by atoms with Gasteiger partial charge in [-0.05, 0) is 36.5 Å². The van der Waals surface area contributed by atoms with Gasteiger partial charge in [-0.1, -0.05) is 32.4 Å². The van der Waals surface area contributed by atoms with Crippen LogP contribution in [-0.2, 0) is 32.0 Å². The summed E-state index contributed by atoms with van der Waals surface area (Å²) in [5.41, 5.74) is 17.8. The number of carboxylic acid groups (broad SMARTS) is 1. The first-order valence-electron chi connectivity index (χ1n) is 13.6. The number of H-pyrrole nitrogens is 1. The number of carbonyl (C=O) groups is 4. The molecule has 0 fully saturated rings. The number of hydrogen-bond acceptors (Lipinski definition) is 8. The quantitative estimate of drug-likeness (QED) is 0.0610. The van der Waals surface area contributed by atoms with Gasteiger partial charge in [0.1, 0.15) is 23.9 Å². The Morgan fingerprint density at radius 3 is 2.24 bits per heavy atom. The molecule has 2 aromatic rings. The molecule has 0 bridgehead atoms. The summed E-state index contributed by atoms with van der Waals surface area (Å²) >= 11 is 0. The Kier molecular flexibility index (Phi) is 13.2. The van der Waals surface area contributed by atoms with Gasteiger partial charge in [-0.15, -0.1) is 0 Å². The van der Waals surface area contributed by atoms with E-state index in [0.29, 0.717) is 24.1 Å². The van der Waals surface area contributed by atoms with E-state index in [2.05, 4.69) is 30.9 Å². The van der Waals surface area contributed by atoms with E-state index in [1.54, 1.807) is 19.1 Å². The number of carbonyl (C=O) groups excluding carboxylic acids is 3. The van der Waals surface area contributed by atoms with E-state index in [-0.39, 0.29) is 43.4 Å². The van der Waals surface area contributed by atoms with E-state index < -0.39 is 47.9 Å². The van der Waals surface area contributed by atoms with Crippen LogP contribution >= 0.6 is 0 Å². The lowest BCUT2D eigenvalue weighted by atomic mass is 9.96. The minimum Gasteiger partial charge on any atom is -0.508 e. The predicted molar refractivity (Wildman–Crippen MR) is 155 cm³/mol. The topological polar surface area (TPSA) is 264 Å². The van der Waals surface area contributed by atoms with Gasteiger partial charge in [0.2, 0.25) is 17.7 Å². The van der Waals surface area contributed by atoms with Crippen LogP contribution in [0, 0.1) is 5.92 Å². The normalized spacial score (nSPS) is 14.5. The maximum atomic E-state index is 13.5. The van der Waals surface area contributed by atoms with E-state index in [1.165, 1.54) is 24.7 Å². The number of amides is 3. The van der Waals surface area contributed by atoms with Gasteiger partial charge < -0.3 is 48.3 Å². The number of aromatic nitrogens is 2. The molecule has 42 heavy (non-hydrogen) atoms. The molecule has 0 aliphatic carbocycles. The third-order valence-electron chi connectivity index (χ3n) is 6.70. The van der Waals surface area contributed by atoms with Crippen LogP contribution in [-0.4, -0.2) is 80.5 Å².